The fourth-order valence-electron chi connectivity index (χ4n) is 1.15. The van der Waals surface area contributed by atoms with Crippen LogP contribution in [-0.2, 0) is 7.05 Å². The van der Waals surface area contributed by atoms with E-state index in [1.54, 1.807) is 16.4 Å². The molecule has 0 aromatic carbocycles. The first-order chi connectivity index (χ1) is 7.16. The highest BCUT2D eigenvalue weighted by Gasteiger charge is 2.06. The fourth-order valence-corrected chi connectivity index (χ4v) is 2.52. The molecule has 0 unspecified atom stereocenters. The largest absolute Gasteiger partial charge is 0.275 e. The van der Waals surface area contributed by atoms with Gasteiger partial charge in [-0.25, -0.2) is 4.98 Å². The smallest absolute Gasteiger partial charge is 0.115 e. The summed E-state index contributed by atoms with van der Waals surface area (Å²) in [5, 5.41) is 5.09. The van der Waals surface area contributed by atoms with Crippen LogP contribution in [0.15, 0.2) is 39.1 Å². The molecule has 0 saturated carbocycles. The third-order valence-electron chi connectivity index (χ3n) is 1.95. The average Bonchev–Trinajstić information content (AvgIpc) is 2.59. The zero-order chi connectivity index (χ0) is 10.8. The van der Waals surface area contributed by atoms with Crippen LogP contribution < -0.4 is 0 Å². The zero-order valence-corrected chi connectivity index (χ0v) is 10.8. The van der Waals surface area contributed by atoms with Gasteiger partial charge in [-0.1, -0.05) is 11.8 Å². The first-order valence-corrected chi connectivity index (χ1v) is 6.05. The third-order valence-corrected chi connectivity index (χ3v) is 4.16. The number of nitrogens with zero attached hydrogens (tertiary/aromatic N) is 3. The summed E-state index contributed by atoms with van der Waals surface area (Å²) in [4.78, 5) is 5.42. The van der Waals surface area contributed by atoms with Crippen molar-refractivity contribution in [2.75, 3.05) is 0 Å². The van der Waals surface area contributed by atoms with Gasteiger partial charge in [-0.3, -0.25) is 4.68 Å². The molecule has 3 nitrogen and oxygen atoms in total. The summed E-state index contributed by atoms with van der Waals surface area (Å²) in [6.45, 7) is 2.05. The van der Waals surface area contributed by atoms with Crippen molar-refractivity contribution >= 4 is 27.7 Å². The summed E-state index contributed by atoms with van der Waals surface area (Å²) in [5.74, 6) is 0. The van der Waals surface area contributed by atoms with Crippen LogP contribution in [0, 0.1) is 6.92 Å². The molecule has 2 rings (SSSR count). The molecule has 0 amide bonds. The van der Waals surface area contributed by atoms with Crippen LogP contribution in [0.5, 0.6) is 0 Å². The monoisotopic (exact) mass is 283 g/mol. The lowest BCUT2D eigenvalue weighted by Gasteiger charge is -2.03. The predicted octanol–water partition coefficient (Wildman–Crippen LogP) is 3.04. The molecule has 0 aliphatic carbocycles. The first kappa shape index (κ1) is 10.7. The van der Waals surface area contributed by atoms with Crippen molar-refractivity contribution < 1.29 is 0 Å². The summed E-state index contributed by atoms with van der Waals surface area (Å²) in [6, 6.07) is 1.98. The van der Waals surface area contributed by atoms with Crippen LogP contribution in [0.4, 0.5) is 0 Å². The van der Waals surface area contributed by atoms with Gasteiger partial charge >= 0.3 is 0 Å². The lowest BCUT2D eigenvalue weighted by atomic mass is 10.3. The Kier molecular flexibility index (Phi) is 3.11. The van der Waals surface area contributed by atoms with Crippen LogP contribution in [-0.4, -0.2) is 14.8 Å². The van der Waals surface area contributed by atoms with Crippen molar-refractivity contribution in [2.45, 2.75) is 16.8 Å². The molecule has 15 heavy (non-hydrogen) atoms. The van der Waals surface area contributed by atoms with Gasteiger partial charge in [0.05, 0.1) is 15.6 Å². The normalized spacial score (nSPS) is 10.6. The number of aromatic nitrogens is 3. The van der Waals surface area contributed by atoms with Crippen molar-refractivity contribution in [1.29, 1.82) is 0 Å². The standard InChI is InChI=1S/C10H10BrN3S/c1-7-3-4-12-10(9(7)11)15-8-5-13-14(2)6-8/h3-6H,1-2H3. The maximum absolute atomic E-state index is 4.32. The van der Waals surface area contributed by atoms with E-state index in [-0.39, 0.29) is 0 Å². The van der Waals surface area contributed by atoms with E-state index in [0.717, 1.165) is 14.4 Å². The van der Waals surface area contributed by atoms with Gasteiger partial charge in [-0.2, -0.15) is 5.10 Å². The summed E-state index contributed by atoms with van der Waals surface area (Å²) in [5.41, 5.74) is 1.19. The zero-order valence-electron chi connectivity index (χ0n) is 8.44. The van der Waals surface area contributed by atoms with E-state index < -0.39 is 0 Å². The highest BCUT2D eigenvalue weighted by atomic mass is 79.9. The Morgan fingerprint density at radius 1 is 1.47 bits per heavy atom. The lowest BCUT2D eigenvalue weighted by molar-refractivity contribution is 0.766. The number of hydrogen-bond acceptors (Lipinski definition) is 3. The minimum absolute atomic E-state index is 0.975. The minimum atomic E-state index is 0.975. The number of halogens is 1. The molecule has 2 aromatic rings. The molecule has 0 spiro atoms. The van der Waals surface area contributed by atoms with Crippen LogP contribution in [0.25, 0.3) is 0 Å². The lowest BCUT2D eigenvalue weighted by Crippen LogP contribution is -1.85. The van der Waals surface area contributed by atoms with Crippen molar-refractivity contribution in [3.05, 3.63) is 34.7 Å². The van der Waals surface area contributed by atoms with Gasteiger partial charge in [0.15, 0.2) is 0 Å². The molecule has 0 N–H and O–H groups in total. The van der Waals surface area contributed by atoms with Crippen molar-refractivity contribution in [3.8, 4) is 0 Å². The van der Waals surface area contributed by atoms with Crippen molar-refractivity contribution in [1.82, 2.24) is 14.8 Å². The Bertz CT molecular complexity index is 481. The molecule has 0 saturated heterocycles. The van der Waals surface area contributed by atoms with Gasteiger partial charge in [0.1, 0.15) is 5.03 Å². The van der Waals surface area contributed by atoms with Crippen LogP contribution in [0.1, 0.15) is 5.56 Å². The van der Waals surface area contributed by atoms with E-state index >= 15 is 0 Å². The average molecular weight is 284 g/mol. The molecule has 0 atom stereocenters. The number of pyridine rings is 1. The van der Waals surface area contributed by atoms with Gasteiger partial charge in [0, 0.05) is 19.4 Å². The summed E-state index contributed by atoms with van der Waals surface area (Å²) in [7, 11) is 1.91. The Morgan fingerprint density at radius 2 is 2.27 bits per heavy atom. The second kappa shape index (κ2) is 4.37. The molecule has 2 heterocycles. The van der Waals surface area contributed by atoms with Gasteiger partial charge in [-0.05, 0) is 34.5 Å². The van der Waals surface area contributed by atoms with Gasteiger partial charge < -0.3 is 0 Å². The fraction of sp³-hybridized carbons (Fsp3) is 0.200. The van der Waals surface area contributed by atoms with E-state index in [2.05, 4.69) is 32.9 Å². The highest BCUT2D eigenvalue weighted by molar-refractivity contribution is 9.10. The Balaban J connectivity index is 2.28. The van der Waals surface area contributed by atoms with E-state index in [4.69, 9.17) is 0 Å². The van der Waals surface area contributed by atoms with Crippen molar-refractivity contribution in [3.63, 3.8) is 0 Å². The van der Waals surface area contributed by atoms with E-state index in [0.29, 0.717) is 0 Å². The van der Waals surface area contributed by atoms with Crippen molar-refractivity contribution in [2.24, 2.45) is 7.05 Å². The first-order valence-electron chi connectivity index (χ1n) is 4.44. The highest BCUT2D eigenvalue weighted by Crippen LogP contribution is 2.32. The van der Waals surface area contributed by atoms with Gasteiger partial charge in [-0.15, -0.1) is 0 Å². The SMILES string of the molecule is Cc1ccnc(Sc2cnn(C)c2)c1Br. The van der Waals surface area contributed by atoms with Crippen LogP contribution in [0.2, 0.25) is 0 Å². The molecule has 0 fully saturated rings. The summed E-state index contributed by atoms with van der Waals surface area (Å²) in [6.07, 6.45) is 5.63. The maximum atomic E-state index is 4.32. The molecule has 0 aliphatic rings. The number of hydrogen-bond donors (Lipinski definition) is 0. The third kappa shape index (κ3) is 2.41. The number of aryl methyl sites for hydroxylation is 2. The topological polar surface area (TPSA) is 30.7 Å². The molecule has 0 bridgehead atoms. The Labute approximate surface area is 101 Å². The summed E-state index contributed by atoms with van der Waals surface area (Å²) < 4.78 is 2.84. The van der Waals surface area contributed by atoms with E-state index in [1.807, 2.05) is 31.7 Å². The molecular weight excluding hydrogens is 274 g/mol. The van der Waals surface area contributed by atoms with Crippen LogP contribution >= 0.6 is 27.7 Å². The molecule has 0 radical (unpaired) electrons. The quantitative estimate of drug-likeness (QED) is 0.849. The Morgan fingerprint density at radius 3 is 2.93 bits per heavy atom. The molecule has 0 aliphatic heterocycles. The van der Waals surface area contributed by atoms with Gasteiger partial charge in [0.25, 0.3) is 0 Å². The second-order valence-electron chi connectivity index (χ2n) is 3.20. The molecule has 5 heteroatoms. The van der Waals surface area contributed by atoms with E-state index in [9.17, 15) is 0 Å². The Hall–Kier alpha value is -0.810. The molecular formula is C10H10BrN3S. The predicted molar refractivity (Wildman–Crippen MR) is 64.0 cm³/mol. The van der Waals surface area contributed by atoms with E-state index in [1.165, 1.54) is 5.56 Å². The van der Waals surface area contributed by atoms with Crippen LogP contribution in [0.3, 0.4) is 0 Å². The van der Waals surface area contributed by atoms with Gasteiger partial charge in [0.2, 0.25) is 0 Å². The summed E-state index contributed by atoms with van der Waals surface area (Å²) >= 11 is 5.14. The maximum Gasteiger partial charge on any atom is 0.115 e. The number of rotatable bonds is 2. The molecule has 2 aromatic heterocycles. The molecule has 78 valence electrons. The second-order valence-corrected chi connectivity index (χ2v) is 5.05. The minimum Gasteiger partial charge on any atom is -0.275 e.